The van der Waals surface area contributed by atoms with E-state index >= 15 is 0 Å². The molecule has 0 aliphatic carbocycles. The van der Waals surface area contributed by atoms with Crippen LogP contribution in [0.3, 0.4) is 0 Å². The molecule has 0 bridgehead atoms. The van der Waals surface area contributed by atoms with E-state index in [1.165, 1.54) is 5.56 Å². The van der Waals surface area contributed by atoms with Gasteiger partial charge in [0.25, 0.3) is 0 Å². The molecular weight excluding hydrogens is 456 g/mol. The molecule has 0 amide bonds. The highest BCUT2D eigenvalue weighted by molar-refractivity contribution is 8.00. The highest BCUT2D eigenvalue weighted by atomic mass is 32.2. The molecule has 0 aromatic heterocycles. The van der Waals surface area contributed by atoms with E-state index in [1.54, 1.807) is 19.1 Å². The molecule has 0 spiro atoms. The Labute approximate surface area is 210 Å². The van der Waals surface area contributed by atoms with Gasteiger partial charge in [0.1, 0.15) is 5.75 Å². The number of carboxylic acid groups (broad SMARTS) is 1. The van der Waals surface area contributed by atoms with Crippen LogP contribution in [0.2, 0.25) is 0 Å². The van der Waals surface area contributed by atoms with Crippen LogP contribution in [-0.2, 0) is 11.3 Å². The van der Waals surface area contributed by atoms with Gasteiger partial charge in [-0.2, -0.15) is 0 Å². The summed E-state index contributed by atoms with van der Waals surface area (Å²) >= 11 is 1.54. The van der Waals surface area contributed by atoms with E-state index in [0.29, 0.717) is 6.54 Å². The van der Waals surface area contributed by atoms with Crippen molar-refractivity contribution in [3.05, 3.63) is 96.1 Å². The van der Waals surface area contributed by atoms with Crippen LogP contribution in [0.15, 0.2) is 89.8 Å². The summed E-state index contributed by atoms with van der Waals surface area (Å²) in [6.45, 7) is 4.67. The van der Waals surface area contributed by atoms with E-state index in [1.807, 2.05) is 43.3 Å². The summed E-state index contributed by atoms with van der Waals surface area (Å²) in [4.78, 5) is 14.8. The van der Waals surface area contributed by atoms with Crippen LogP contribution in [0, 0.1) is 6.92 Å². The number of hydrogen-bond donors (Lipinski definition) is 2. The number of nitrogens with zero attached hydrogens (tertiary/aromatic N) is 1. The molecule has 0 unspecified atom stereocenters. The second kappa shape index (κ2) is 11.2. The molecule has 4 aromatic carbocycles. The molecule has 0 aliphatic heterocycles. The van der Waals surface area contributed by atoms with Crippen molar-refractivity contribution in [3.63, 3.8) is 0 Å². The van der Waals surface area contributed by atoms with Crippen LogP contribution in [-0.4, -0.2) is 24.2 Å². The minimum absolute atomic E-state index is 0.0630. The van der Waals surface area contributed by atoms with Gasteiger partial charge in [-0.3, -0.25) is 4.79 Å². The van der Waals surface area contributed by atoms with Crippen molar-refractivity contribution in [2.24, 2.45) is 0 Å². The molecule has 5 nitrogen and oxygen atoms in total. The lowest BCUT2D eigenvalue weighted by molar-refractivity contribution is -0.137. The quantitative estimate of drug-likeness (QED) is 0.232. The van der Waals surface area contributed by atoms with Gasteiger partial charge in [-0.05, 0) is 67.8 Å². The van der Waals surface area contributed by atoms with Crippen LogP contribution in [0.5, 0.6) is 5.75 Å². The summed E-state index contributed by atoms with van der Waals surface area (Å²) in [5.41, 5.74) is 4.38. The Balaban J connectivity index is 1.67. The number of aliphatic carboxylic acids is 1. The van der Waals surface area contributed by atoms with Gasteiger partial charge in [0, 0.05) is 33.9 Å². The number of carbonyl (C=O) groups is 1. The van der Waals surface area contributed by atoms with Crippen molar-refractivity contribution in [3.8, 4) is 5.75 Å². The molecule has 0 saturated heterocycles. The van der Waals surface area contributed by atoms with Crippen LogP contribution < -0.4 is 14.4 Å². The van der Waals surface area contributed by atoms with Crippen molar-refractivity contribution in [1.82, 2.24) is 0 Å². The molecule has 4 rings (SSSR count). The van der Waals surface area contributed by atoms with Crippen molar-refractivity contribution in [2.75, 3.05) is 16.7 Å². The Morgan fingerprint density at radius 3 is 2.31 bits per heavy atom. The van der Waals surface area contributed by atoms with Gasteiger partial charge in [-0.15, -0.1) is 0 Å². The van der Waals surface area contributed by atoms with Crippen molar-refractivity contribution >= 4 is 40.1 Å². The zero-order valence-electron chi connectivity index (χ0n) is 20.2. The fourth-order valence-corrected chi connectivity index (χ4v) is 4.79. The minimum Gasteiger partial charge on any atom is -0.497 e. The first-order valence-corrected chi connectivity index (χ1v) is 12.4. The lowest BCUT2D eigenvalue weighted by Crippen LogP contribution is -2.34. The molecule has 2 N–H and O–H groups in total. The minimum atomic E-state index is -0.801. The van der Waals surface area contributed by atoms with E-state index in [4.69, 9.17) is 4.74 Å². The highest BCUT2D eigenvalue weighted by Gasteiger charge is 2.21. The normalized spacial score (nSPS) is 11.7. The van der Waals surface area contributed by atoms with Gasteiger partial charge >= 0.3 is 5.97 Å². The Hall–Kier alpha value is -3.64. The highest BCUT2D eigenvalue weighted by Crippen LogP contribution is 2.36. The molecule has 4 aromatic rings. The first kappa shape index (κ1) is 24.5. The second-order valence-electron chi connectivity index (χ2n) is 8.62. The number of methoxy groups -OCH3 is 1. The SMILES string of the molecule is COc1ccc(SNc2ccc(N(Cc3ccc(C)cc3)[C@@H](C)CC(=O)O)c3ccccc23)cc1. The molecule has 0 fully saturated rings. The summed E-state index contributed by atoms with van der Waals surface area (Å²) in [7, 11) is 1.66. The Kier molecular flexibility index (Phi) is 7.83. The number of fused-ring (bicyclic) bond motifs is 1. The average molecular weight is 487 g/mol. The zero-order chi connectivity index (χ0) is 24.8. The Morgan fingerprint density at radius 2 is 1.66 bits per heavy atom. The van der Waals surface area contributed by atoms with Gasteiger partial charge in [0.2, 0.25) is 0 Å². The average Bonchev–Trinajstić information content (AvgIpc) is 2.87. The number of ether oxygens (including phenoxy) is 1. The predicted molar refractivity (Wildman–Crippen MR) is 145 cm³/mol. The first-order valence-electron chi connectivity index (χ1n) is 11.6. The molecule has 180 valence electrons. The summed E-state index contributed by atoms with van der Waals surface area (Å²) in [6.07, 6.45) is 0.0630. The van der Waals surface area contributed by atoms with E-state index in [0.717, 1.165) is 38.4 Å². The van der Waals surface area contributed by atoms with Gasteiger partial charge in [-0.1, -0.05) is 54.1 Å². The standard InChI is InChI=1S/C29H30N2O3S/c1-20-8-10-22(11-9-20)19-31(21(2)18-29(32)33)28-17-16-27(25-6-4-5-7-26(25)28)30-35-24-14-12-23(34-3)13-15-24/h4-17,21,30H,18-19H2,1-3H3,(H,32,33)/t21-/m0/s1. The van der Waals surface area contributed by atoms with Crippen LogP contribution >= 0.6 is 11.9 Å². The van der Waals surface area contributed by atoms with E-state index in [9.17, 15) is 9.90 Å². The fourth-order valence-electron chi connectivity index (χ4n) is 4.11. The maximum absolute atomic E-state index is 11.6. The molecule has 0 saturated carbocycles. The third-order valence-electron chi connectivity index (χ3n) is 6.02. The first-order chi connectivity index (χ1) is 16.9. The summed E-state index contributed by atoms with van der Waals surface area (Å²) in [5, 5.41) is 11.7. The topological polar surface area (TPSA) is 61.8 Å². The number of hydrogen-bond acceptors (Lipinski definition) is 5. The number of aryl methyl sites for hydroxylation is 1. The molecule has 0 radical (unpaired) electrons. The smallest absolute Gasteiger partial charge is 0.305 e. The van der Waals surface area contributed by atoms with Crippen molar-refractivity contribution in [2.45, 2.75) is 37.8 Å². The zero-order valence-corrected chi connectivity index (χ0v) is 21.0. The monoisotopic (exact) mass is 486 g/mol. The third-order valence-corrected chi connectivity index (χ3v) is 6.85. The Bertz CT molecular complexity index is 1290. The third kappa shape index (κ3) is 6.08. The predicted octanol–water partition coefficient (Wildman–Crippen LogP) is 7.15. The van der Waals surface area contributed by atoms with Crippen molar-refractivity contribution < 1.29 is 14.6 Å². The van der Waals surface area contributed by atoms with Gasteiger partial charge in [0.05, 0.1) is 19.2 Å². The molecule has 35 heavy (non-hydrogen) atoms. The van der Waals surface area contributed by atoms with Gasteiger partial charge < -0.3 is 19.5 Å². The molecule has 1 atom stereocenters. The number of anilines is 2. The lowest BCUT2D eigenvalue weighted by Gasteiger charge is -2.32. The number of benzene rings is 4. The fraction of sp³-hybridized carbons (Fsp3) is 0.207. The van der Waals surface area contributed by atoms with E-state index in [-0.39, 0.29) is 12.5 Å². The molecular formula is C29H30N2O3S. The maximum atomic E-state index is 11.6. The van der Waals surface area contributed by atoms with Crippen LogP contribution in [0.25, 0.3) is 10.8 Å². The van der Waals surface area contributed by atoms with Crippen LogP contribution in [0.1, 0.15) is 24.5 Å². The number of carboxylic acids is 1. The molecule has 6 heteroatoms. The molecule has 0 heterocycles. The largest absolute Gasteiger partial charge is 0.497 e. The van der Waals surface area contributed by atoms with Crippen molar-refractivity contribution in [1.29, 1.82) is 0 Å². The van der Waals surface area contributed by atoms with Gasteiger partial charge in [0.15, 0.2) is 0 Å². The maximum Gasteiger partial charge on any atom is 0.305 e. The second-order valence-corrected chi connectivity index (χ2v) is 9.50. The summed E-state index contributed by atoms with van der Waals surface area (Å²) < 4.78 is 8.73. The van der Waals surface area contributed by atoms with Gasteiger partial charge in [-0.25, -0.2) is 0 Å². The number of nitrogens with one attached hydrogen (secondary N) is 1. The summed E-state index contributed by atoms with van der Waals surface area (Å²) in [5.74, 6) is 0.0261. The Morgan fingerprint density at radius 1 is 0.971 bits per heavy atom. The number of rotatable bonds is 10. The lowest BCUT2D eigenvalue weighted by atomic mass is 10.0. The van der Waals surface area contributed by atoms with E-state index in [2.05, 4.69) is 65.1 Å². The summed E-state index contributed by atoms with van der Waals surface area (Å²) in [6, 6.07) is 28.6. The van der Waals surface area contributed by atoms with E-state index < -0.39 is 5.97 Å². The van der Waals surface area contributed by atoms with Crippen LogP contribution in [0.4, 0.5) is 11.4 Å². The molecule has 0 aliphatic rings.